The Balaban J connectivity index is 1.55. The molecule has 4 aromatic rings. The van der Waals surface area contributed by atoms with Gasteiger partial charge < -0.3 is 15.4 Å². The van der Waals surface area contributed by atoms with Crippen LogP contribution in [0, 0.1) is 6.57 Å². The van der Waals surface area contributed by atoms with Gasteiger partial charge in [0.1, 0.15) is 11.5 Å². The van der Waals surface area contributed by atoms with Crippen LogP contribution < -0.4 is 15.4 Å². The smallest absolute Gasteiger partial charge is 0.417 e. The molecule has 0 saturated heterocycles. The fraction of sp³-hybridized carbons (Fsp3) is 0.0400. The summed E-state index contributed by atoms with van der Waals surface area (Å²) in [7, 11) is 0. The molecule has 5 nitrogen and oxygen atoms in total. The number of fused-ring (bicyclic) bond motifs is 1. The van der Waals surface area contributed by atoms with Crippen LogP contribution in [0.4, 0.5) is 35.0 Å². The highest BCUT2D eigenvalue weighted by atomic mass is 35.5. The van der Waals surface area contributed by atoms with Crippen LogP contribution >= 0.6 is 11.6 Å². The fourth-order valence-corrected chi connectivity index (χ4v) is 3.48. The molecule has 2 N–H and O–H groups in total. The van der Waals surface area contributed by atoms with Crippen LogP contribution in [0.15, 0.2) is 78.9 Å². The van der Waals surface area contributed by atoms with Gasteiger partial charge in [0.25, 0.3) is 0 Å². The Morgan fingerprint density at radius 1 is 0.912 bits per heavy atom. The average Bonchev–Trinajstić information content (AvgIpc) is 2.80. The van der Waals surface area contributed by atoms with Gasteiger partial charge >= 0.3 is 12.2 Å². The minimum absolute atomic E-state index is 0.0543. The van der Waals surface area contributed by atoms with Crippen molar-refractivity contribution in [2.24, 2.45) is 0 Å². The van der Waals surface area contributed by atoms with Crippen molar-refractivity contribution in [3.05, 3.63) is 101 Å². The Hall–Kier alpha value is -4.22. The third-order valence-corrected chi connectivity index (χ3v) is 5.16. The van der Waals surface area contributed by atoms with Crippen molar-refractivity contribution in [1.82, 2.24) is 0 Å². The summed E-state index contributed by atoms with van der Waals surface area (Å²) in [5, 5.41) is 6.09. The lowest BCUT2D eigenvalue weighted by atomic mass is 10.1. The summed E-state index contributed by atoms with van der Waals surface area (Å²) in [6, 6.07) is 19.6. The molecule has 9 heteroatoms. The van der Waals surface area contributed by atoms with Crippen LogP contribution in [-0.2, 0) is 6.18 Å². The lowest BCUT2D eigenvalue weighted by molar-refractivity contribution is -0.137. The van der Waals surface area contributed by atoms with Gasteiger partial charge in [0.05, 0.1) is 22.8 Å². The Kier molecular flexibility index (Phi) is 6.30. The van der Waals surface area contributed by atoms with E-state index in [0.717, 1.165) is 17.5 Å². The maximum atomic E-state index is 13.1. The first-order valence-electron chi connectivity index (χ1n) is 9.86. The summed E-state index contributed by atoms with van der Waals surface area (Å²) in [6.45, 7) is 7.01. The Bertz CT molecular complexity index is 1410. The molecule has 2 amide bonds. The number of urea groups is 1. The highest BCUT2D eigenvalue weighted by Crippen LogP contribution is 2.36. The molecular weight excluding hydrogens is 467 g/mol. The predicted octanol–water partition coefficient (Wildman–Crippen LogP) is 8.50. The van der Waals surface area contributed by atoms with E-state index < -0.39 is 22.8 Å². The van der Waals surface area contributed by atoms with Gasteiger partial charge in [0.2, 0.25) is 0 Å². The van der Waals surface area contributed by atoms with E-state index in [1.54, 1.807) is 48.5 Å². The second kappa shape index (κ2) is 9.33. The Labute approximate surface area is 197 Å². The molecule has 0 spiro atoms. The molecule has 170 valence electrons. The van der Waals surface area contributed by atoms with Gasteiger partial charge in [-0.25, -0.2) is 9.64 Å². The second-order valence-corrected chi connectivity index (χ2v) is 7.57. The topological polar surface area (TPSA) is 54.7 Å². The van der Waals surface area contributed by atoms with Crippen LogP contribution in [0.1, 0.15) is 5.56 Å². The van der Waals surface area contributed by atoms with Crippen molar-refractivity contribution in [1.29, 1.82) is 0 Å². The molecule has 0 unspecified atom stereocenters. The molecular formula is C25H15ClF3N3O2. The lowest BCUT2D eigenvalue weighted by Crippen LogP contribution is -2.20. The van der Waals surface area contributed by atoms with Crippen molar-refractivity contribution in [2.75, 3.05) is 10.6 Å². The molecule has 4 rings (SSSR count). The molecule has 0 radical (unpaired) electrons. The van der Waals surface area contributed by atoms with Gasteiger partial charge in [-0.15, -0.1) is 0 Å². The number of carbonyl (C=O) groups is 1. The summed E-state index contributed by atoms with van der Waals surface area (Å²) < 4.78 is 45.1. The maximum absolute atomic E-state index is 13.1. The first-order valence-corrected chi connectivity index (χ1v) is 10.2. The molecule has 34 heavy (non-hydrogen) atoms. The summed E-state index contributed by atoms with van der Waals surface area (Å²) in [5.74, 6) is 1.04. The molecule has 0 heterocycles. The van der Waals surface area contributed by atoms with Crippen molar-refractivity contribution in [2.45, 2.75) is 6.18 Å². The zero-order valence-electron chi connectivity index (χ0n) is 17.3. The number of benzene rings is 4. The maximum Gasteiger partial charge on any atom is 0.417 e. The van der Waals surface area contributed by atoms with Crippen LogP contribution in [0.5, 0.6) is 11.5 Å². The van der Waals surface area contributed by atoms with E-state index in [1.165, 1.54) is 6.07 Å². The quantitative estimate of drug-likeness (QED) is 0.287. The largest absolute Gasteiger partial charge is 0.457 e. The molecule has 0 atom stereocenters. The highest BCUT2D eigenvalue weighted by Gasteiger charge is 2.33. The molecule has 0 fully saturated rings. The van der Waals surface area contributed by atoms with E-state index in [0.29, 0.717) is 28.3 Å². The number of rotatable bonds is 4. The number of ether oxygens (including phenoxy) is 1. The van der Waals surface area contributed by atoms with E-state index >= 15 is 0 Å². The number of anilines is 2. The van der Waals surface area contributed by atoms with Gasteiger partial charge in [0, 0.05) is 11.1 Å². The van der Waals surface area contributed by atoms with E-state index in [1.807, 2.05) is 12.1 Å². The summed E-state index contributed by atoms with van der Waals surface area (Å²) in [6.07, 6.45) is -4.65. The minimum Gasteiger partial charge on any atom is -0.457 e. The van der Waals surface area contributed by atoms with E-state index in [2.05, 4.69) is 15.5 Å². The first kappa shape index (κ1) is 23.0. The number of hydrogen-bond donors (Lipinski definition) is 2. The zero-order valence-corrected chi connectivity index (χ0v) is 18.0. The Morgan fingerprint density at radius 2 is 1.65 bits per heavy atom. The van der Waals surface area contributed by atoms with Gasteiger partial charge in [-0.05, 0) is 53.9 Å². The molecule has 0 saturated carbocycles. The summed E-state index contributed by atoms with van der Waals surface area (Å²) in [5.41, 5.74) is -0.162. The average molecular weight is 482 g/mol. The molecule has 0 aliphatic rings. The number of amides is 2. The minimum atomic E-state index is -4.65. The van der Waals surface area contributed by atoms with E-state index in [-0.39, 0.29) is 5.69 Å². The SMILES string of the molecule is [C-]#[N+]c1ccc(Oc2ccc3cccc(NC(=O)Nc4ccc(Cl)c(C(F)(F)F)c4)c3c2)cc1. The van der Waals surface area contributed by atoms with Crippen molar-refractivity contribution in [3.63, 3.8) is 0 Å². The number of carbonyl (C=O) groups excluding carboxylic acids is 1. The van der Waals surface area contributed by atoms with Gasteiger partial charge in [-0.3, -0.25) is 0 Å². The number of nitrogens with one attached hydrogen (secondary N) is 2. The van der Waals surface area contributed by atoms with Gasteiger partial charge in [-0.1, -0.05) is 41.9 Å². The third-order valence-electron chi connectivity index (χ3n) is 4.83. The molecule has 4 aromatic carbocycles. The standard InChI is InChI=1S/C25H15ClF3N3O2/c1-30-16-6-10-18(11-7-16)34-19-9-5-15-3-2-4-23(20(15)14-19)32-24(33)31-17-8-12-22(26)21(13-17)25(27,28)29/h2-14H,(H2,31,32,33). The van der Waals surface area contributed by atoms with E-state index in [4.69, 9.17) is 22.9 Å². The van der Waals surface area contributed by atoms with E-state index in [9.17, 15) is 18.0 Å². The first-order chi connectivity index (χ1) is 16.2. The summed E-state index contributed by atoms with van der Waals surface area (Å²) >= 11 is 5.63. The number of nitrogens with zero attached hydrogens (tertiary/aromatic N) is 1. The normalized spacial score (nSPS) is 11.0. The van der Waals surface area contributed by atoms with Crippen LogP contribution in [-0.4, -0.2) is 6.03 Å². The van der Waals surface area contributed by atoms with Crippen LogP contribution in [0.25, 0.3) is 15.6 Å². The number of hydrogen-bond acceptors (Lipinski definition) is 2. The summed E-state index contributed by atoms with van der Waals surface area (Å²) in [4.78, 5) is 15.9. The molecule has 0 aromatic heterocycles. The fourth-order valence-electron chi connectivity index (χ4n) is 3.25. The third kappa shape index (κ3) is 5.22. The number of alkyl halides is 3. The number of halogens is 4. The highest BCUT2D eigenvalue weighted by molar-refractivity contribution is 6.31. The lowest BCUT2D eigenvalue weighted by Gasteiger charge is -2.14. The molecule has 0 aliphatic carbocycles. The van der Waals surface area contributed by atoms with Crippen molar-refractivity contribution < 1.29 is 22.7 Å². The van der Waals surface area contributed by atoms with Crippen molar-refractivity contribution in [3.8, 4) is 11.5 Å². The van der Waals surface area contributed by atoms with Crippen molar-refractivity contribution >= 4 is 45.5 Å². The van der Waals surface area contributed by atoms with Gasteiger partial charge in [-0.2, -0.15) is 13.2 Å². The van der Waals surface area contributed by atoms with Crippen LogP contribution in [0.3, 0.4) is 0 Å². The molecule has 0 aliphatic heterocycles. The zero-order chi connectivity index (χ0) is 24.3. The van der Waals surface area contributed by atoms with Crippen LogP contribution in [0.2, 0.25) is 5.02 Å². The Morgan fingerprint density at radius 3 is 2.35 bits per heavy atom. The predicted molar refractivity (Wildman–Crippen MR) is 126 cm³/mol. The monoisotopic (exact) mass is 481 g/mol. The molecule has 0 bridgehead atoms. The second-order valence-electron chi connectivity index (χ2n) is 7.17. The van der Waals surface area contributed by atoms with Gasteiger partial charge in [0.15, 0.2) is 5.69 Å².